The largest absolute Gasteiger partial charge is 0.598 e. The van der Waals surface area contributed by atoms with Gasteiger partial charge in [-0.25, -0.2) is 13.6 Å². The third kappa shape index (κ3) is 5.73. The smallest absolute Gasteiger partial charge is 0.331 e. The van der Waals surface area contributed by atoms with E-state index in [1.165, 1.54) is 6.07 Å². The average Bonchev–Trinajstić information content (AvgIpc) is 3.53. The molecule has 1 saturated carbocycles. The molecule has 3 rings (SSSR count). The fraction of sp³-hybridized carbons (Fsp3) is 0.609. The molecule has 1 aromatic rings. The Balaban J connectivity index is 1.92. The Hall–Kier alpha value is -2.04. The molecular weight excluding hydrogens is 452 g/mol. The van der Waals surface area contributed by atoms with Crippen LogP contribution in [0.3, 0.4) is 0 Å². The van der Waals surface area contributed by atoms with E-state index >= 15 is 4.39 Å². The first-order chi connectivity index (χ1) is 15.3. The zero-order valence-corrected chi connectivity index (χ0v) is 20.3. The van der Waals surface area contributed by atoms with Crippen LogP contribution < -0.4 is 10.0 Å². The molecule has 7 nitrogen and oxygen atoms in total. The van der Waals surface area contributed by atoms with E-state index in [0.717, 1.165) is 23.3 Å². The van der Waals surface area contributed by atoms with Gasteiger partial charge in [0.05, 0.1) is 0 Å². The summed E-state index contributed by atoms with van der Waals surface area (Å²) in [6.45, 7) is 8.30. The summed E-state index contributed by atoms with van der Waals surface area (Å²) in [5, 5.41) is 2.09. The van der Waals surface area contributed by atoms with Gasteiger partial charge in [0, 0.05) is 29.4 Å². The Morgan fingerprint density at radius 1 is 1.24 bits per heavy atom. The zero-order valence-electron chi connectivity index (χ0n) is 19.5. The van der Waals surface area contributed by atoms with E-state index in [9.17, 15) is 23.3 Å². The maximum Gasteiger partial charge on any atom is 0.331 e. The van der Waals surface area contributed by atoms with Gasteiger partial charge in [0.1, 0.15) is 28.7 Å². The van der Waals surface area contributed by atoms with Crippen molar-refractivity contribution in [3.05, 3.63) is 35.1 Å². The minimum absolute atomic E-state index is 0.00459. The standard InChI is InChI=1S/C23H31F2N3O4S/c1-12(2)28-21(30)16(20(29)26-22(28)31)11-18(25)19(27-33(32)23(3,4)5)15-10-14(13-6-7-13)8-9-17(15)24/h8-10,12-13,16,18-19,27H,6-7,11H2,1-5H3,(H,26,29,31)/t16?,18-,19+,33?/m1/s1. The highest BCUT2D eigenvalue weighted by Gasteiger charge is 2.45. The number of rotatable bonds is 8. The molecule has 0 radical (unpaired) electrons. The van der Waals surface area contributed by atoms with E-state index in [1.54, 1.807) is 46.8 Å². The van der Waals surface area contributed by atoms with Crippen LogP contribution in [0.15, 0.2) is 18.2 Å². The average molecular weight is 484 g/mol. The van der Waals surface area contributed by atoms with Gasteiger partial charge in [0.15, 0.2) is 0 Å². The highest BCUT2D eigenvalue weighted by molar-refractivity contribution is 7.90. The molecule has 4 amide bonds. The van der Waals surface area contributed by atoms with E-state index < -0.39 is 70.4 Å². The van der Waals surface area contributed by atoms with Crippen molar-refractivity contribution in [2.45, 2.75) is 82.8 Å². The Kier molecular flexibility index (Phi) is 7.50. The summed E-state index contributed by atoms with van der Waals surface area (Å²) >= 11 is -1.75. The van der Waals surface area contributed by atoms with E-state index in [0.29, 0.717) is 0 Å². The molecule has 0 spiro atoms. The Morgan fingerprint density at radius 3 is 2.42 bits per heavy atom. The van der Waals surface area contributed by atoms with E-state index in [-0.39, 0.29) is 11.5 Å². The van der Waals surface area contributed by atoms with Crippen molar-refractivity contribution in [2.24, 2.45) is 5.92 Å². The summed E-state index contributed by atoms with van der Waals surface area (Å²) in [7, 11) is 0. The molecule has 1 aromatic carbocycles. The Bertz CT molecular complexity index is 933. The van der Waals surface area contributed by atoms with E-state index in [4.69, 9.17) is 0 Å². The van der Waals surface area contributed by atoms with Crippen molar-refractivity contribution in [1.82, 2.24) is 14.9 Å². The number of alkyl halides is 1. The molecule has 1 aliphatic carbocycles. The quantitative estimate of drug-likeness (QED) is 0.434. The minimum atomic E-state index is -1.93. The molecule has 2 fully saturated rings. The third-order valence-electron chi connectivity index (χ3n) is 5.83. The summed E-state index contributed by atoms with van der Waals surface area (Å²) in [6.07, 6.45) is -0.590. The lowest BCUT2D eigenvalue weighted by atomic mass is 9.90. The van der Waals surface area contributed by atoms with Crippen LogP contribution in [0.1, 0.15) is 77.0 Å². The number of nitrogens with one attached hydrogen (secondary N) is 2. The number of hydrogen-bond donors (Lipinski definition) is 2. The van der Waals surface area contributed by atoms with Gasteiger partial charge in [0.25, 0.3) is 0 Å². The monoisotopic (exact) mass is 483 g/mol. The maximum absolute atomic E-state index is 15.8. The van der Waals surface area contributed by atoms with Crippen molar-refractivity contribution >= 4 is 29.2 Å². The molecule has 2 aliphatic rings. The van der Waals surface area contributed by atoms with Crippen LogP contribution in [0.4, 0.5) is 13.6 Å². The number of urea groups is 1. The first-order valence-electron chi connectivity index (χ1n) is 11.1. The number of imide groups is 2. The number of amides is 4. The molecule has 4 atom stereocenters. The normalized spacial score (nSPS) is 22.4. The molecule has 0 bridgehead atoms. The van der Waals surface area contributed by atoms with Gasteiger partial charge in [-0.1, -0.05) is 12.1 Å². The summed E-state index contributed by atoms with van der Waals surface area (Å²) in [4.78, 5) is 38.1. The van der Waals surface area contributed by atoms with Gasteiger partial charge in [-0.05, 0) is 65.0 Å². The number of halogens is 2. The predicted molar refractivity (Wildman–Crippen MR) is 121 cm³/mol. The summed E-state index contributed by atoms with van der Waals surface area (Å²) in [5.41, 5.74) is 0.875. The Labute approximate surface area is 196 Å². The number of carbonyl (C=O) groups excluding carboxylic acids is 3. The number of carbonyl (C=O) groups is 3. The lowest BCUT2D eigenvalue weighted by Gasteiger charge is -2.34. The van der Waals surface area contributed by atoms with Gasteiger partial charge >= 0.3 is 6.03 Å². The topological polar surface area (TPSA) is 102 Å². The highest BCUT2D eigenvalue weighted by Crippen LogP contribution is 2.42. The Morgan fingerprint density at radius 2 is 1.88 bits per heavy atom. The second kappa shape index (κ2) is 9.68. The van der Waals surface area contributed by atoms with Crippen molar-refractivity contribution in [3.8, 4) is 0 Å². The molecular formula is C23H31F2N3O4S. The molecule has 1 saturated heterocycles. The van der Waals surface area contributed by atoms with Crippen LogP contribution >= 0.6 is 0 Å². The number of hydrogen-bond acceptors (Lipinski definition) is 5. The third-order valence-corrected chi connectivity index (χ3v) is 7.41. The summed E-state index contributed by atoms with van der Waals surface area (Å²) in [6, 6.07) is 1.77. The molecule has 10 heteroatoms. The fourth-order valence-electron chi connectivity index (χ4n) is 3.79. The van der Waals surface area contributed by atoms with Crippen LogP contribution in [0.5, 0.6) is 0 Å². The maximum atomic E-state index is 15.8. The van der Waals surface area contributed by atoms with Gasteiger partial charge < -0.3 is 4.55 Å². The number of barbiturate groups is 1. The van der Waals surface area contributed by atoms with E-state index in [2.05, 4.69) is 10.0 Å². The first-order valence-corrected chi connectivity index (χ1v) is 12.3. The SMILES string of the molecule is CC(C)N1C(=O)NC(=O)C(C[C@@H](F)[C@@H](N[S+]([O-])C(C)(C)C)c2cc(C3CC3)ccc2F)C1=O. The molecule has 1 aliphatic heterocycles. The molecule has 33 heavy (non-hydrogen) atoms. The second-order valence-electron chi connectivity index (χ2n) is 9.93. The van der Waals surface area contributed by atoms with Gasteiger partial charge in [-0.15, -0.1) is 4.72 Å². The van der Waals surface area contributed by atoms with Crippen LogP contribution in [0, 0.1) is 11.7 Å². The molecule has 182 valence electrons. The summed E-state index contributed by atoms with van der Waals surface area (Å²) < 4.78 is 45.4. The van der Waals surface area contributed by atoms with Crippen molar-refractivity contribution in [3.63, 3.8) is 0 Å². The van der Waals surface area contributed by atoms with Gasteiger partial charge in [-0.3, -0.25) is 19.8 Å². The van der Waals surface area contributed by atoms with Crippen LogP contribution in [0.25, 0.3) is 0 Å². The first kappa shape index (κ1) is 25.6. The summed E-state index contributed by atoms with van der Waals surface area (Å²) in [5.74, 6) is -3.53. The zero-order chi connectivity index (χ0) is 24.7. The van der Waals surface area contributed by atoms with Crippen molar-refractivity contribution in [2.75, 3.05) is 0 Å². The number of benzene rings is 1. The molecule has 1 heterocycles. The fourth-order valence-corrected chi connectivity index (χ4v) is 4.65. The van der Waals surface area contributed by atoms with Crippen molar-refractivity contribution in [1.29, 1.82) is 0 Å². The molecule has 0 aromatic heterocycles. The number of nitrogens with zero attached hydrogens (tertiary/aromatic N) is 1. The van der Waals surface area contributed by atoms with Gasteiger partial charge in [-0.2, -0.15) is 0 Å². The van der Waals surface area contributed by atoms with Gasteiger partial charge in [0.2, 0.25) is 11.8 Å². The van der Waals surface area contributed by atoms with E-state index in [1.807, 2.05) is 0 Å². The predicted octanol–water partition coefficient (Wildman–Crippen LogP) is 3.63. The van der Waals surface area contributed by atoms with Crippen molar-refractivity contribution < 1.29 is 27.7 Å². The van der Waals surface area contributed by atoms with Crippen LogP contribution in [0.2, 0.25) is 0 Å². The van der Waals surface area contributed by atoms with Crippen LogP contribution in [-0.2, 0) is 21.0 Å². The highest BCUT2D eigenvalue weighted by atomic mass is 32.2. The molecule has 2 N–H and O–H groups in total. The minimum Gasteiger partial charge on any atom is -0.598 e. The lowest BCUT2D eigenvalue weighted by Crippen LogP contribution is -2.60. The molecule has 2 unspecified atom stereocenters. The van der Waals surface area contributed by atoms with Crippen LogP contribution in [-0.4, -0.2) is 44.3 Å². The second-order valence-corrected chi connectivity index (χ2v) is 11.9. The lowest BCUT2D eigenvalue weighted by molar-refractivity contribution is -0.144.